The second-order valence-electron chi connectivity index (χ2n) is 17.9. The van der Waals surface area contributed by atoms with Crippen LogP contribution in [0.1, 0.15) is 71.4 Å². The first-order chi connectivity index (χ1) is 35.1. The van der Waals surface area contributed by atoms with E-state index in [2.05, 4.69) is 47.5 Å². The first kappa shape index (κ1) is 53.1. The van der Waals surface area contributed by atoms with E-state index in [0.717, 1.165) is 0 Å². The van der Waals surface area contributed by atoms with E-state index in [1.54, 1.807) is 6.92 Å². The Labute approximate surface area is 419 Å². The molecule has 28 nitrogen and oxygen atoms in total. The molecule has 74 heavy (non-hydrogen) atoms. The topological polar surface area (TPSA) is 395 Å². The van der Waals surface area contributed by atoms with E-state index in [1.807, 2.05) is 0 Å². The van der Waals surface area contributed by atoms with Gasteiger partial charge in [-0.2, -0.15) is 0 Å². The number of anilines is 1. The summed E-state index contributed by atoms with van der Waals surface area (Å²) in [6.07, 6.45) is -1.52. The molecule has 5 aliphatic heterocycles. The van der Waals surface area contributed by atoms with Crippen LogP contribution in [0.15, 0.2) is 21.3 Å². The van der Waals surface area contributed by atoms with Crippen molar-refractivity contribution >= 4 is 87.8 Å². The zero-order valence-electron chi connectivity index (χ0n) is 40.6. The van der Waals surface area contributed by atoms with Crippen LogP contribution in [-0.2, 0) is 57.4 Å². The SMILES string of the molecule is Cc1c2oc3c(C)ccc(C(=O)N[C@@H]4C(=O)NCC(=O)N5CCC[C@H]5C(=O)NCC(=O)NCC(=O)O[C@@H]4C)c3nc-2c(C(=O)N[C@@H]2C(=O)NCC(=O)N3CCC[C@H]3C(=O)NCC(=O)NCC(=O)O[C@@H]2C)c(N)c1=O. The lowest BCUT2D eigenvalue weighted by atomic mass is 9.99. The van der Waals surface area contributed by atoms with E-state index < -0.39 is 169 Å². The van der Waals surface area contributed by atoms with Gasteiger partial charge >= 0.3 is 11.9 Å². The molecule has 0 bridgehead atoms. The molecular formula is C46H54N12O16. The standard InChI is InChI=1S/C46H54N12O16/c1-19-9-10-23(41(66)55-34-21(3)72-30(63)17-48-26(59)13-50-42(67)24-7-5-11-57(24)28(61)15-52-45(34)70)36-39(19)74-40-20(2)38(65)33(47)32(37(40)54-36)44(69)56-35-22(4)73-31(64)18-49-27(60)14-51-43(68)25-8-6-12-58(25)29(62)16-53-46(35)71/h9-10,21-22,24-25,34-35H,5-8,11-18,47H2,1-4H3,(H,48,59)(H,49,60)(H,50,67)(H,51,68)(H,52,70)(H,53,71)(H,55,66)(H,56,69)/t21-,22-,24+,25+,34+,35+/m1/s1. The summed E-state index contributed by atoms with van der Waals surface area (Å²) in [5, 5.41) is 19.1. The molecule has 1 aromatic rings. The summed E-state index contributed by atoms with van der Waals surface area (Å²) in [5.41, 5.74) is 3.31. The monoisotopic (exact) mass is 1030 g/mol. The molecule has 0 saturated carbocycles. The average Bonchev–Trinajstić information content (AvgIpc) is 4.08. The van der Waals surface area contributed by atoms with Crippen molar-refractivity contribution in [2.75, 3.05) is 58.1 Å². The number of cyclic esters (lactones) is 2. The molecule has 0 unspecified atom stereocenters. The van der Waals surface area contributed by atoms with Crippen LogP contribution in [0.4, 0.5) is 5.69 Å². The van der Waals surface area contributed by atoms with E-state index in [4.69, 9.17) is 19.6 Å². The van der Waals surface area contributed by atoms with Crippen LogP contribution in [0.25, 0.3) is 22.6 Å². The Balaban J connectivity index is 1.22. The quantitative estimate of drug-likeness (QED) is 0.0673. The van der Waals surface area contributed by atoms with Crippen molar-refractivity contribution in [1.82, 2.24) is 57.3 Å². The lowest BCUT2D eigenvalue weighted by Gasteiger charge is -2.27. The zero-order valence-corrected chi connectivity index (χ0v) is 40.6. The minimum atomic E-state index is -1.83. The number of benzene rings is 2. The third-order valence-electron chi connectivity index (χ3n) is 12.9. The third-order valence-corrected chi connectivity index (χ3v) is 12.9. The molecule has 5 heterocycles. The number of nitrogens with two attached hydrogens (primary N) is 1. The summed E-state index contributed by atoms with van der Waals surface area (Å²) in [4.78, 5) is 181. The molecule has 4 fully saturated rings. The van der Waals surface area contributed by atoms with Crippen molar-refractivity contribution in [2.24, 2.45) is 0 Å². The van der Waals surface area contributed by atoms with E-state index >= 15 is 0 Å². The normalized spacial score (nSPS) is 24.3. The van der Waals surface area contributed by atoms with Crippen LogP contribution >= 0.6 is 0 Å². The number of esters is 2. The average molecular weight is 1030 g/mol. The minimum Gasteiger partial charge on any atom is -0.459 e. The number of fused-ring (bicyclic) bond motifs is 4. The Morgan fingerprint density at radius 3 is 1.61 bits per heavy atom. The predicted octanol–water partition coefficient (Wildman–Crippen LogP) is -4.74. The minimum absolute atomic E-state index is 0.0804. The van der Waals surface area contributed by atoms with Crippen molar-refractivity contribution in [3.8, 4) is 11.5 Å². The van der Waals surface area contributed by atoms with Gasteiger partial charge in [0.2, 0.25) is 52.7 Å². The van der Waals surface area contributed by atoms with Crippen LogP contribution in [0.3, 0.4) is 0 Å². The van der Waals surface area contributed by atoms with E-state index in [0.29, 0.717) is 18.4 Å². The second-order valence-corrected chi connectivity index (χ2v) is 17.9. The number of rotatable bonds is 4. The van der Waals surface area contributed by atoms with Gasteiger partial charge in [0.1, 0.15) is 60.7 Å². The van der Waals surface area contributed by atoms with Gasteiger partial charge in [0.25, 0.3) is 11.8 Å². The lowest BCUT2D eigenvalue weighted by molar-refractivity contribution is -0.152. The number of ether oxygens (including phenoxy) is 2. The maximum Gasteiger partial charge on any atom is 0.325 e. The van der Waals surface area contributed by atoms with Gasteiger partial charge in [-0.1, -0.05) is 6.07 Å². The van der Waals surface area contributed by atoms with Crippen LogP contribution in [0.5, 0.6) is 0 Å². The first-order valence-electron chi connectivity index (χ1n) is 23.5. The Morgan fingerprint density at radius 1 is 0.635 bits per heavy atom. The van der Waals surface area contributed by atoms with Crippen LogP contribution in [0, 0.1) is 13.8 Å². The number of hydrogen-bond donors (Lipinski definition) is 9. The highest BCUT2D eigenvalue weighted by Crippen LogP contribution is 2.35. The number of carbonyl (C=O) groups excluding carboxylic acids is 12. The molecule has 10 amide bonds. The van der Waals surface area contributed by atoms with Crippen LogP contribution in [0.2, 0.25) is 0 Å². The summed E-state index contributed by atoms with van der Waals surface area (Å²) in [5.74, 6) is -10.8. The van der Waals surface area contributed by atoms with Crippen molar-refractivity contribution in [3.05, 3.63) is 44.6 Å². The van der Waals surface area contributed by atoms with Gasteiger partial charge in [0, 0.05) is 18.7 Å². The fourth-order valence-electron chi connectivity index (χ4n) is 8.93. The van der Waals surface area contributed by atoms with E-state index in [-0.39, 0.29) is 53.9 Å². The molecule has 0 spiro atoms. The first-order valence-corrected chi connectivity index (χ1v) is 23.5. The number of carbonyl (C=O) groups is 12. The number of aryl methyl sites for hydroxylation is 1. The molecule has 6 aliphatic rings. The maximum absolute atomic E-state index is 14.5. The molecule has 1 aromatic carbocycles. The van der Waals surface area contributed by atoms with Gasteiger partial charge in [-0.25, -0.2) is 4.98 Å². The van der Waals surface area contributed by atoms with E-state index in [1.165, 1.54) is 42.7 Å². The summed E-state index contributed by atoms with van der Waals surface area (Å²) in [6.45, 7) is 2.02. The maximum atomic E-state index is 14.5. The third kappa shape index (κ3) is 11.5. The van der Waals surface area contributed by atoms with Crippen molar-refractivity contribution in [3.63, 3.8) is 0 Å². The Bertz CT molecular complexity index is 2900. The number of aromatic nitrogens is 1. The number of amides is 10. The predicted molar refractivity (Wildman–Crippen MR) is 252 cm³/mol. The molecule has 0 aromatic heterocycles. The largest absolute Gasteiger partial charge is 0.459 e. The number of hydrogen-bond acceptors (Lipinski definition) is 18. The fraction of sp³-hybridized carbons (Fsp3) is 0.478. The highest BCUT2D eigenvalue weighted by Gasteiger charge is 2.39. The van der Waals surface area contributed by atoms with E-state index in [9.17, 15) is 62.3 Å². The fourth-order valence-corrected chi connectivity index (χ4v) is 8.93. The highest BCUT2D eigenvalue weighted by molar-refractivity contribution is 6.10. The molecular weight excluding hydrogens is 977 g/mol. The van der Waals surface area contributed by atoms with Gasteiger partial charge in [-0.3, -0.25) is 62.3 Å². The Kier molecular flexibility index (Phi) is 16.0. The lowest BCUT2D eigenvalue weighted by Crippen LogP contribution is -2.56. The molecule has 0 radical (unpaired) electrons. The Hall–Kier alpha value is -8.72. The second kappa shape index (κ2) is 22.4. The summed E-state index contributed by atoms with van der Waals surface area (Å²) in [7, 11) is 0. The molecule has 4 saturated heterocycles. The van der Waals surface area contributed by atoms with Crippen molar-refractivity contribution < 1.29 is 71.4 Å². The van der Waals surface area contributed by atoms with Gasteiger partial charge < -0.3 is 72.0 Å². The number of nitrogen functional groups attached to an aromatic ring is 1. The molecule has 6 atom stereocenters. The van der Waals surface area contributed by atoms with Gasteiger partial charge in [0.15, 0.2) is 11.3 Å². The molecule has 1 aliphatic carbocycles. The zero-order chi connectivity index (χ0) is 53.7. The summed E-state index contributed by atoms with van der Waals surface area (Å²) < 4.78 is 17.0. The Morgan fingerprint density at radius 2 is 1.11 bits per heavy atom. The van der Waals surface area contributed by atoms with Gasteiger partial charge in [-0.05, 0) is 65.0 Å². The number of nitrogens with one attached hydrogen (secondary N) is 8. The van der Waals surface area contributed by atoms with Gasteiger partial charge in [0.05, 0.1) is 43.0 Å². The molecule has 10 N–H and O–H groups in total. The highest BCUT2D eigenvalue weighted by atomic mass is 16.5. The summed E-state index contributed by atoms with van der Waals surface area (Å²) in [6, 6.07) is -2.70. The van der Waals surface area contributed by atoms with Crippen LogP contribution < -0.4 is 53.7 Å². The van der Waals surface area contributed by atoms with Crippen LogP contribution in [-0.4, -0.2) is 175 Å². The van der Waals surface area contributed by atoms with Crippen molar-refractivity contribution in [2.45, 2.75) is 89.8 Å². The molecule has 28 heteroatoms. The number of nitrogens with zero attached hydrogens (tertiary/aromatic N) is 3. The molecule has 7 rings (SSSR count). The van der Waals surface area contributed by atoms with Crippen molar-refractivity contribution in [1.29, 1.82) is 0 Å². The molecule has 394 valence electrons. The van der Waals surface area contributed by atoms with Gasteiger partial charge in [-0.15, -0.1) is 0 Å². The smallest absolute Gasteiger partial charge is 0.325 e. The summed E-state index contributed by atoms with van der Waals surface area (Å²) >= 11 is 0.